The van der Waals surface area contributed by atoms with Crippen molar-refractivity contribution in [1.29, 1.82) is 5.26 Å². The fourth-order valence-electron chi connectivity index (χ4n) is 1.14. The summed E-state index contributed by atoms with van der Waals surface area (Å²) in [5.41, 5.74) is 1.32. The van der Waals surface area contributed by atoms with Crippen LogP contribution in [0.4, 0.5) is 5.69 Å². The highest BCUT2D eigenvalue weighted by molar-refractivity contribution is 9.10. The number of benzene rings is 1. The van der Waals surface area contributed by atoms with Crippen molar-refractivity contribution in [2.75, 3.05) is 19.0 Å². The van der Waals surface area contributed by atoms with Gasteiger partial charge in [0.05, 0.1) is 17.2 Å². The van der Waals surface area contributed by atoms with Gasteiger partial charge in [0.1, 0.15) is 0 Å². The molecule has 1 aromatic carbocycles. The minimum Gasteiger partial charge on any atom is -0.382 e. The summed E-state index contributed by atoms with van der Waals surface area (Å²) in [6.45, 7) is 4.69. The van der Waals surface area contributed by atoms with Crippen LogP contribution in [-0.4, -0.2) is 19.3 Å². The Morgan fingerprint density at radius 2 is 2.12 bits per heavy atom. The number of nitriles is 1. The summed E-state index contributed by atoms with van der Waals surface area (Å²) in [4.78, 5) is 0. The van der Waals surface area contributed by atoms with Gasteiger partial charge in [-0.3, -0.25) is 0 Å². The van der Waals surface area contributed by atoms with Crippen LogP contribution in [0.1, 0.15) is 19.4 Å². The third-order valence-corrected chi connectivity index (χ3v) is 2.76. The molecule has 86 valence electrons. The van der Waals surface area contributed by atoms with Crippen LogP contribution in [0.2, 0.25) is 0 Å². The molecule has 0 radical (unpaired) electrons. The van der Waals surface area contributed by atoms with Gasteiger partial charge in [-0.15, -0.1) is 0 Å². The van der Waals surface area contributed by atoms with Gasteiger partial charge < -0.3 is 10.1 Å². The topological polar surface area (TPSA) is 45.0 Å². The van der Waals surface area contributed by atoms with Crippen molar-refractivity contribution in [3.63, 3.8) is 0 Å². The van der Waals surface area contributed by atoms with Crippen LogP contribution in [0.25, 0.3) is 0 Å². The van der Waals surface area contributed by atoms with Gasteiger partial charge in [-0.2, -0.15) is 5.26 Å². The second-order valence-electron chi connectivity index (χ2n) is 4.16. The molecule has 0 aliphatic heterocycles. The molecule has 1 aromatic rings. The number of hydrogen-bond donors (Lipinski definition) is 1. The maximum atomic E-state index is 8.84. The van der Waals surface area contributed by atoms with Crippen molar-refractivity contribution >= 4 is 21.6 Å². The summed E-state index contributed by atoms with van der Waals surface area (Å²) in [5, 5.41) is 12.1. The number of ether oxygens (including phenoxy) is 1. The van der Waals surface area contributed by atoms with Crippen LogP contribution in [0.15, 0.2) is 22.7 Å². The third-order valence-electron chi connectivity index (χ3n) is 2.30. The molecule has 4 heteroatoms. The second-order valence-corrected chi connectivity index (χ2v) is 5.07. The lowest BCUT2D eigenvalue weighted by atomic mass is 10.1. The number of nitrogens with zero attached hydrogens (tertiary/aromatic N) is 1. The Hall–Kier alpha value is -1.05. The van der Waals surface area contributed by atoms with Crippen molar-refractivity contribution < 1.29 is 4.74 Å². The smallest absolute Gasteiger partial charge is 0.0992 e. The zero-order valence-corrected chi connectivity index (χ0v) is 11.3. The van der Waals surface area contributed by atoms with Crippen LogP contribution < -0.4 is 5.32 Å². The molecule has 0 amide bonds. The predicted octanol–water partition coefficient (Wildman–Crippen LogP) is 3.16. The molecule has 0 aromatic heterocycles. The highest BCUT2D eigenvalue weighted by Crippen LogP contribution is 2.20. The highest BCUT2D eigenvalue weighted by Gasteiger charge is 2.15. The first kappa shape index (κ1) is 13.0. The number of anilines is 1. The molecule has 0 atom stereocenters. The molecule has 0 heterocycles. The Morgan fingerprint density at radius 1 is 1.44 bits per heavy atom. The largest absolute Gasteiger partial charge is 0.382 e. The highest BCUT2D eigenvalue weighted by atomic mass is 79.9. The molecule has 0 spiro atoms. The van der Waals surface area contributed by atoms with E-state index < -0.39 is 0 Å². The summed E-state index contributed by atoms with van der Waals surface area (Å²) in [7, 11) is 1.68. The Kier molecular flexibility index (Phi) is 4.34. The fraction of sp³-hybridized carbons (Fsp3) is 0.417. The summed E-state index contributed by atoms with van der Waals surface area (Å²) in [6.07, 6.45) is 0. The summed E-state index contributed by atoms with van der Waals surface area (Å²) >= 11 is 3.37. The number of halogens is 1. The Morgan fingerprint density at radius 3 is 2.69 bits per heavy atom. The number of methoxy groups -OCH3 is 1. The zero-order valence-electron chi connectivity index (χ0n) is 9.67. The fourth-order valence-corrected chi connectivity index (χ4v) is 1.64. The van der Waals surface area contributed by atoms with Crippen molar-refractivity contribution in [2.45, 2.75) is 19.4 Å². The number of rotatable bonds is 4. The van der Waals surface area contributed by atoms with Gasteiger partial charge in [-0.05, 0) is 32.0 Å². The molecule has 0 unspecified atom stereocenters. The minimum absolute atomic E-state index is 0.227. The molecule has 1 N–H and O–H groups in total. The quantitative estimate of drug-likeness (QED) is 0.923. The molecule has 1 rings (SSSR count). The lowest BCUT2D eigenvalue weighted by Gasteiger charge is -2.23. The van der Waals surface area contributed by atoms with E-state index in [2.05, 4.69) is 27.3 Å². The van der Waals surface area contributed by atoms with Gasteiger partial charge >= 0.3 is 0 Å². The summed E-state index contributed by atoms with van der Waals surface area (Å²) in [6, 6.07) is 7.66. The Balaban J connectivity index is 2.75. The lowest BCUT2D eigenvalue weighted by Crippen LogP contribution is -2.32. The number of nitrogens with one attached hydrogen (secondary N) is 1. The number of hydrogen-bond acceptors (Lipinski definition) is 3. The molecule has 0 saturated heterocycles. The molecule has 0 saturated carbocycles. The first-order valence-corrected chi connectivity index (χ1v) is 5.76. The summed E-state index contributed by atoms with van der Waals surface area (Å²) < 4.78 is 6.20. The molecular formula is C12H15BrN2O. The molecule has 0 bridgehead atoms. The van der Waals surface area contributed by atoms with E-state index in [1.807, 2.05) is 26.0 Å². The first-order chi connectivity index (χ1) is 7.46. The monoisotopic (exact) mass is 282 g/mol. The van der Waals surface area contributed by atoms with E-state index in [0.717, 1.165) is 10.2 Å². The van der Waals surface area contributed by atoms with Gasteiger partial charge in [-0.1, -0.05) is 15.9 Å². The van der Waals surface area contributed by atoms with Crippen LogP contribution in [0, 0.1) is 11.3 Å². The van der Waals surface area contributed by atoms with Crippen molar-refractivity contribution in [3.05, 3.63) is 28.2 Å². The van der Waals surface area contributed by atoms with Gasteiger partial charge in [0.15, 0.2) is 0 Å². The maximum absolute atomic E-state index is 8.84. The normalized spacial score (nSPS) is 10.9. The van der Waals surface area contributed by atoms with Gasteiger partial charge in [-0.25, -0.2) is 0 Å². The van der Waals surface area contributed by atoms with Crippen LogP contribution in [0.3, 0.4) is 0 Å². The second kappa shape index (κ2) is 5.33. The first-order valence-electron chi connectivity index (χ1n) is 4.96. The average molecular weight is 283 g/mol. The van der Waals surface area contributed by atoms with Crippen LogP contribution in [-0.2, 0) is 4.74 Å². The van der Waals surface area contributed by atoms with Gasteiger partial charge in [0.25, 0.3) is 0 Å². The van der Waals surface area contributed by atoms with Crippen LogP contribution in [0.5, 0.6) is 0 Å². The van der Waals surface area contributed by atoms with E-state index in [1.54, 1.807) is 13.2 Å². The SMILES string of the molecule is COC(C)(C)CNc1cc(Br)cc(C#N)c1. The minimum atomic E-state index is -0.227. The molecule has 16 heavy (non-hydrogen) atoms. The van der Waals surface area contributed by atoms with Gasteiger partial charge in [0, 0.05) is 23.8 Å². The third kappa shape index (κ3) is 3.84. The predicted molar refractivity (Wildman–Crippen MR) is 68.4 cm³/mol. The molecule has 0 aliphatic carbocycles. The van der Waals surface area contributed by atoms with Crippen molar-refractivity contribution in [3.8, 4) is 6.07 Å². The standard InChI is InChI=1S/C12H15BrN2O/c1-12(2,16-3)8-15-11-5-9(7-14)4-10(13)6-11/h4-6,15H,8H2,1-3H3. The molecule has 3 nitrogen and oxygen atoms in total. The Labute approximate surface area is 105 Å². The zero-order chi connectivity index (χ0) is 12.2. The van der Waals surface area contributed by atoms with E-state index in [1.165, 1.54) is 0 Å². The summed E-state index contributed by atoms with van der Waals surface area (Å²) in [5.74, 6) is 0. The molecule has 0 fully saturated rings. The van der Waals surface area contributed by atoms with E-state index in [4.69, 9.17) is 10.00 Å². The lowest BCUT2D eigenvalue weighted by molar-refractivity contribution is 0.0344. The van der Waals surface area contributed by atoms with Crippen molar-refractivity contribution in [1.82, 2.24) is 0 Å². The van der Waals surface area contributed by atoms with E-state index in [-0.39, 0.29) is 5.60 Å². The molecule has 0 aliphatic rings. The Bertz CT molecular complexity index is 410. The van der Waals surface area contributed by atoms with E-state index in [9.17, 15) is 0 Å². The van der Waals surface area contributed by atoms with Crippen molar-refractivity contribution in [2.24, 2.45) is 0 Å². The average Bonchev–Trinajstić information content (AvgIpc) is 2.26. The van der Waals surface area contributed by atoms with Gasteiger partial charge in [0.2, 0.25) is 0 Å². The maximum Gasteiger partial charge on any atom is 0.0992 e. The van der Waals surface area contributed by atoms with Crippen LogP contribution >= 0.6 is 15.9 Å². The molecular weight excluding hydrogens is 268 g/mol. The van der Waals surface area contributed by atoms with E-state index >= 15 is 0 Å². The van der Waals surface area contributed by atoms with E-state index in [0.29, 0.717) is 12.1 Å².